The van der Waals surface area contributed by atoms with Crippen molar-refractivity contribution in [2.45, 2.75) is 19.3 Å². The minimum atomic E-state index is -0.315. The molecule has 0 aliphatic heterocycles. The predicted octanol–water partition coefficient (Wildman–Crippen LogP) is 3.18. The van der Waals surface area contributed by atoms with E-state index < -0.39 is 0 Å². The maximum absolute atomic E-state index is 12.0. The monoisotopic (exact) mass is 326 g/mol. The van der Waals surface area contributed by atoms with E-state index >= 15 is 0 Å². The van der Waals surface area contributed by atoms with Crippen molar-refractivity contribution in [1.29, 1.82) is 0 Å². The number of amides is 2. The number of hydrogen-bond donors (Lipinski definition) is 3. The summed E-state index contributed by atoms with van der Waals surface area (Å²) in [5.74, 6) is 0.0442. The number of hydrogen-bond acceptors (Lipinski definition) is 3. The van der Waals surface area contributed by atoms with Crippen molar-refractivity contribution < 1.29 is 14.7 Å². The van der Waals surface area contributed by atoms with Crippen LogP contribution < -0.4 is 10.6 Å². The van der Waals surface area contributed by atoms with Crippen LogP contribution in [0.4, 0.5) is 10.5 Å². The van der Waals surface area contributed by atoms with Gasteiger partial charge in [-0.05, 0) is 43.2 Å². The van der Waals surface area contributed by atoms with Gasteiger partial charge >= 0.3 is 6.03 Å². The molecule has 0 spiro atoms. The fourth-order valence-electron chi connectivity index (χ4n) is 2.45. The van der Waals surface area contributed by atoms with Gasteiger partial charge in [-0.15, -0.1) is 0 Å². The van der Waals surface area contributed by atoms with Gasteiger partial charge in [-0.25, -0.2) is 4.79 Å². The zero-order valence-electron chi connectivity index (χ0n) is 13.7. The summed E-state index contributed by atoms with van der Waals surface area (Å²) in [6, 6.07) is 16.2. The number of urea groups is 1. The van der Waals surface area contributed by atoms with E-state index in [0.717, 1.165) is 5.56 Å². The average molecular weight is 326 g/mol. The van der Waals surface area contributed by atoms with Gasteiger partial charge in [0.15, 0.2) is 5.78 Å². The first kappa shape index (κ1) is 17.7. The molecule has 24 heavy (non-hydrogen) atoms. The molecule has 0 aromatic heterocycles. The summed E-state index contributed by atoms with van der Waals surface area (Å²) < 4.78 is 0. The molecule has 2 aromatic rings. The number of carbonyl (C=O) groups is 2. The van der Waals surface area contributed by atoms with Gasteiger partial charge in [0.25, 0.3) is 0 Å². The molecule has 1 unspecified atom stereocenters. The standard InChI is InChI=1S/C19H22N2O3/c1-14(23)15-7-9-18(10-8-15)21-19(24)20-13-17(11-12-22)16-5-3-2-4-6-16/h2-10,17,22H,11-13H2,1H3,(H2,20,21,24). The molecule has 2 aromatic carbocycles. The molecule has 3 N–H and O–H groups in total. The van der Waals surface area contributed by atoms with E-state index in [4.69, 9.17) is 0 Å². The van der Waals surface area contributed by atoms with Gasteiger partial charge in [0.2, 0.25) is 0 Å². The van der Waals surface area contributed by atoms with Crippen LogP contribution in [0, 0.1) is 0 Å². The Morgan fingerprint density at radius 1 is 1.04 bits per heavy atom. The number of anilines is 1. The number of aliphatic hydroxyl groups is 1. The summed E-state index contributed by atoms with van der Waals surface area (Å²) in [7, 11) is 0. The highest BCUT2D eigenvalue weighted by molar-refractivity contribution is 5.95. The second-order valence-corrected chi connectivity index (χ2v) is 5.59. The quantitative estimate of drug-likeness (QED) is 0.684. The highest BCUT2D eigenvalue weighted by atomic mass is 16.3. The first-order valence-electron chi connectivity index (χ1n) is 7.92. The van der Waals surface area contributed by atoms with Gasteiger partial charge in [-0.2, -0.15) is 0 Å². The second kappa shape index (κ2) is 8.84. The summed E-state index contributed by atoms with van der Waals surface area (Å²) in [6.45, 7) is 2.00. The number of Topliss-reactive ketones (excluding diaryl/α,β-unsaturated/α-hetero) is 1. The van der Waals surface area contributed by atoms with Crippen molar-refractivity contribution in [3.8, 4) is 0 Å². The average Bonchev–Trinajstić information content (AvgIpc) is 2.60. The van der Waals surface area contributed by atoms with Crippen LogP contribution in [0.25, 0.3) is 0 Å². The van der Waals surface area contributed by atoms with E-state index in [0.29, 0.717) is 24.2 Å². The summed E-state index contributed by atoms with van der Waals surface area (Å²) in [5.41, 5.74) is 2.31. The minimum Gasteiger partial charge on any atom is -0.396 e. The van der Waals surface area contributed by atoms with Crippen LogP contribution in [0.3, 0.4) is 0 Å². The first-order chi connectivity index (χ1) is 11.6. The summed E-state index contributed by atoms with van der Waals surface area (Å²) in [6.07, 6.45) is 0.581. The van der Waals surface area contributed by atoms with Crippen molar-refractivity contribution in [3.05, 3.63) is 65.7 Å². The summed E-state index contributed by atoms with van der Waals surface area (Å²) in [5, 5.41) is 14.8. The third-order valence-corrected chi connectivity index (χ3v) is 3.81. The molecule has 0 fully saturated rings. The van der Waals surface area contributed by atoms with E-state index in [-0.39, 0.29) is 24.3 Å². The van der Waals surface area contributed by atoms with Crippen molar-refractivity contribution in [2.24, 2.45) is 0 Å². The molecule has 1 atom stereocenters. The summed E-state index contributed by atoms with van der Waals surface area (Å²) >= 11 is 0. The lowest BCUT2D eigenvalue weighted by molar-refractivity contribution is 0.101. The zero-order chi connectivity index (χ0) is 17.4. The highest BCUT2D eigenvalue weighted by Gasteiger charge is 2.12. The predicted molar refractivity (Wildman–Crippen MR) is 94.4 cm³/mol. The Bertz CT molecular complexity index is 669. The van der Waals surface area contributed by atoms with Crippen molar-refractivity contribution in [2.75, 3.05) is 18.5 Å². The van der Waals surface area contributed by atoms with Crippen molar-refractivity contribution in [3.63, 3.8) is 0 Å². The maximum atomic E-state index is 12.0. The SMILES string of the molecule is CC(=O)c1ccc(NC(=O)NCC(CCO)c2ccccc2)cc1. The molecule has 5 nitrogen and oxygen atoms in total. The minimum absolute atomic E-state index is 0.0132. The number of aliphatic hydroxyl groups excluding tert-OH is 1. The molecule has 0 bridgehead atoms. The Labute approximate surface area is 141 Å². The lowest BCUT2D eigenvalue weighted by Gasteiger charge is -2.17. The molecular weight excluding hydrogens is 304 g/mol. The van der Waals surface area contributed by atoms with Gasteiger partial charge in [0.1, 0.15) is 0 Å². The van der Waals surface area contributed by atoms with Gasteiger partial charge in [0, 0.05) is 30.3 Å². The van der Waals surface area contributed by atoms with E-state index in [1.165, 1.54) is 6.92 Å². The van der Waals surface area contributed by atoms with Crippen molar-refractivity contribution in [1.82, 2.24) is 5.32 Å². The number of carbonyl (C=O) groups excluding carboxylic acids is 2. The normalized spacial score (nSPS) is 11.6. The van der Waals surface area contributed by atoms with Crippen LogP contribution in [-0.2, 0) is 0 Å². The van der Waals surface area contributed by atoms with Gasteiger partial charge in [0.05, 0.1) is 0 Å². The smallest absolute Gasteiger partial charge is 0.319 e. The lowest BCUT2D eigenvalue weighted by Crippen LogP contribution is -2.32. The number of ketones is 1. The molecule has 0 saturated heterocycles. The first-order valence-corrected chi connectivity index (χ1v) is 7.92. The van der Waals surface area contributed by atoms with E-state index in [9.17, 15) is 14.7 Å². The Kier molecular flexibility index (Phi) is 6.51. The van der Waals surface area contributed by atoms with Crippen LogP contribution in [0.15, 0.2) is 54.6 Å². The molecule has 0 radical (unpaired) electrons. The van der Waals surface area contributed by atoms with Crippen molar-refractivity contribution >= 4 is 17.5 Å². The third kappa shape index (κ3) is 5.21. The Balaban J connectivity index is 1.90. The fraction of sp³-hybridized carbons (Fsp3) is 0.263. The lowest BCUT2D eigenvalue weighted by atomic mass is 9.96. The molecule has 2 rings (SSSR count). The van der Waals surface area contributed by atoms with Crippen LogP contribution >= 0.6 is 0 Å². The fourth-order valence-corrected chi connectivity index (χ4v) is 2.45. The maximum Gasteiger partial charge on any atom is 0.319 e. The van der Waals surface area contributed by atoms with Gasteiger partial charge in [-0.1, -0.05) is 30.3 Å². The second-order valence-electron chi connectivity index (χ2n) is 5.59. The van der Waals surface area contributed by atoms with E-state index in [1.54, 1.807) is 24.3 Å². The zero-order valence-corrected chi connectivity index (χ0v) is 13.7. The third-order valence-electron chi connectivity index (χ3n) is 3.81. The molecule has 0 heterocycles. The molecule has 5 heteroatoms. The van der Waals surface area contributed by atoms with Gasteiger partial charge < -0.3 is 15.7 Å². The number of rotatable bonds is 7. The Morgan fingerprint density at radius 3 is 2.29 bits per heavy atom. The van der Waals surface area contributed by atoms with E-state index in [2.05, 4.69) is 10.6 Å². The molecule has 0 aliphatic rings. The topological polar surface area (TPSA) is 78.4 Å². The summed E-state index contributed by atoms with van der Waals surface area (Å²) in [4.78, 5) is 23.3. The highest BCUT2D eigenvalue weighted by Crippen LogP contribution is 2.18. The van der Waals surface area contributed by atoms with Crippen LogP contribution in [0.5, 0.6) is 0 Å². The Morgan fingerprint density at radius 2 is 1.71 bits per heavy atom. The number of benzene rings is 2. The van der Waals surface area contributed by atoms with Crippen LogP contribution in [0.1, 0.15) is 35.2 Å². The van der Waals surface area contributed by atoms with E-state index in [1.807, 2.05) is 30.3 Å². The molecule has 126 valence electrons. The molecular formula is C19H22N2O3. The number of nitrogens with one attached hydrogen (secondary N) is 2. The Hall–Kier alpha value is -2.66. The molecule has 0 saturated carbocycles. The molecule has 0 aliphatic carbocycles. The largest absolute Gasteiger partial charge is 0.396 e. The van der Waals surface area contributed by atoms with Crippen LogP contribution in [-0.4, -0.2) is 30.1 Å². The van der Waals surface area contributed by atoms with Gasteiger partial charge in [-0.3, -0.25) is 4.79 Å². The molecule has 2 amide bonds. The van der Waals surface area contributed by atoms with Crippen LogP contribution in [0.2, 0.25) is 0 Å².